The van der Waals surface area contributed by atoms with E-state index >= 15 is 0 Å². The van der Waals surface area contributed by atoms with Gasteiger partial charge in [0.2, 0.25) is 0 Å². The molecule has 11 heteroatoms. The van der Waals surface area contributed by atoms with E-state index in [1.807, 2.05) is 47.0 Å². The Hall–Kier alpha value is -4.02. The number of halogens is 1. The second kappa shape index (κ2) is 10.7. The molecule has 0 spiro atoms. The van der Waals surface area contributed by atoms with Crippen LogP contribution in [-0.2, 0) is 4.79 Å². The topological polar surface area (TPSA) is 115 Å². The minimum atomic E-state index is -0.506. The van der Waals surface area contributed by atoms with E-state index in [0.717, 1.165) is 11.3 Å². The molecule has 3 aromatic carbocycles. The minimum Gasteiger partial charge on any atom is -0.272 e. The number of para-hydroxylation sites is 2. The van der Waals surface area contributed by atoms with Crippen molar-refractivity contribution in [3.63, 3.8) is 0 Å². The first kappa shape index (κ1) is 23.1. The molecule has 1 N–H and O–H groups in total. The lowest BCUT2D eigenvalue weighted by Crippen LogP contribution is -2.20. The molecular formula is C23H17ClN6O3S. The number of rotatable bonds is 8. The molecular weight excluding hydrogens is 476 g/mol. The van der Waals surface area contributed by atoms with Crippen LogP contribution in [0.25, 0.3) is 17.1 Å². The third-order valence-electron chi connectivity index (χ3n) is 4.61. The van der Waals surface area contributed by atoms with Gasteiger partial charge in [-0.15, -0.1) is 10.2 Å². The van der Waals surface area contributed by atoms with Gasteiger partial charge < -0.3 is 0 Å². The zero-order valence-corrected chi connectivity index (χ0v) is 19.1. The predicted octanol–water partition coefficient (Wildman–Crippen LogP) is 4.74. The fraction of sp³-hybridized carbons (Fsp3) is 0.0435. The maximum atomic E-state index is 12.3. The number of hydrogen-bond acceptors (Lipinski definition) is 7. The summed E-state index contributed by atoms with van der Waals surface area (Å²) in [7, 11) is 0. The number of amides is 1. The van der Waals surface area contributed by atoms with Gasteiger partial charge in [0.05, 0.1) is 22.5 Å². The van der Waals surface area contributed by atoms with Crippen LogP contribution in [0.15, 0.2) is 89.1 Å². The molecule has 4 aromatic rings. The number of nitrogens with one attached hydrogen (secondary N) is 1. The van der Waals surface area contributed by atoms with Crippen molar-refractivity contribution in [2.75, 3.05) is 5.75 Å². The molecule has 1 aromatic heterocycles. The second-order valence-corrected chi connectivity index (χ2v) is 8.26. The van der Waals surface area contributed by atoms with Gasteiger partial charge in [0.15, 0.2) is 11.0 Å². The lowest BCUT2D eigenvalue weighted by molar-refractivity contribution is -0.385. The molecule has 0 saturated heterocycles. The summed E-state index contributed by atoms with van der Waals surface area (Å²) in [6.45, 7) is 0. The molecule has 1 amide bonds. The fourth-order valence-corrected chi connectivity index (χ4v) is 3.93. The van der Waals surface area contributed by atoms with Crippen molar-refractivity contribution in [1.82, 2.24) is 20.2 Å². The van der Waals surface area contributed by atoms with Crippen LogP contribution in [0.1, 0.15) is 5.56 Å². The van der Waals surface area contributed by atoms with Crippen molar-refractivity contribution in [3.05, 3.63) is 99.6 Å². The molecule has 0 aliphatic rings. The van der Waals surface area contributed by atoms with E-state index in [1.165, 1.54) is 24.0 Å². The summed E-state index contributed by atoms with van der Waals surface area (Å²) in [5, 5.41) is 24.6. The molecule has 0 saturated carbocycles. The lowest BCUT2D eigenvalue weighted by Gasteiger charge is -2.10. The first-order valence-electron chi connectivity index (χ1n) is 9.98. The summed E-state index contributed by atoms with van der Waals surface area (Å²) in [5.41, 5.74) is 4.25. The Morgan fingerprint density at radius 1 is 1.06 bits per heavy atom. The van der Waals surface area contributed by atoms with Gasteiger partial charge in [-0.1, -0.05) is 53.7 Å². The molecule has 0 bridgehead atoms. The highest BCUT2D eigenvalue weighted by Crippen LogP contribution is 2.28. The third kappa shape index (κ3) is 5.48. The number of nitrogens with zero attached hydrogens (tertiary/aromatic N) is 5. The van der Waals surface area contributed by atoms with Gasteiger partial charge in [-0.05, 0) is 42.5 Å². The molecule has 0 unspecified atom stereocenters. The third-order valence-corrected chi connectivity index (χ3v) is 5.79. The molecule has 0 aliphatic heterocycles. The normalized spacial score (nSPS) is 11.0. The van der Waals surface area contributed by atoms with Crippen molar-refractivity contribution >= 4 is 41.2 Å². The maximum absolute atomic E-state index is 12.3. The van der Waals surface area contributed by atoms with Crippen LogP contribution >= 0.6 is 23.4 Å². The number of thioether (sulfide) groups is 1. The highest BCUT2D eigenvalue weighted by molar-refractivity contribution is 7.99. The summed E-state index contributed by atoms with van der Waals surface area (Å²) < 4.78 is 1.86. The predicted molar refractivity (Wildman–Crippen MR) is 131 cm³/mol. The number of hydrogen-bond donors (Lipinski definition) is 1. The Balaban J connectivity index is 1.49. The first-order valence-corrected chi connectivity index (χ1v) is 11.3. The Morgan fingerprint density at radius 3 is 2.50 bits per heavy atom. The summed E-state index contributed by atoms with van der Waals surface area (Å²) in [5.74, 6) is 0.232. The van der Waals surface area contributed by atoms with E-state index in [2.05, 4.69) is 20.7 Å². The van der Waals surface area contributed by atoms with Gasteiger partial charge in [-0.25, -0.2) is 5.43 Å². The Bertz CT molecular complexity index is 1340. The molecule has 0 aliphatic carbocycles. The van der Waals surface area contributed by atoms with Crippen molar-refractivity contribution < 1.29 is 9.72 Å². The zero-order valence-electron chi connectivity index (χ0n) is 17.5. The van der Waals surface area contributed by atoms with Crippen LogP contribution in [-0.4, -0.2) is 37.6 Å². The van der Waals surface area contributed by atoms with Crippen molar-refractivity contribution in [1.29, 1.82) is 0 Å². The van der Waals surface area contributed by atoms with Gasteiger partial charge in [-0.3, -0.25) is 19.5 Å². The highest BCUT2D eigenvalue weighted by Gasteiger charge is 2.17. The van der Waals surface area contributed by atoms with Crippen LogP contribution < -0.4 is 5.43 Å². The summed E-state index contributed by atoms with van der Waals surface area (Å²) >= 11 is 7.21. The van der Waals surface area contributed by atoms with Crippen LogP contribution in [0.2, 0.25) is 5.02 Å². The van der Waals surface area contributed by atoms with Crippen molar-refractivity contribution in [3.8, 4) is 17.1 Å². The summed E-state index contributed by atoms with van der Waals surface area (Å²) in [6, 6.07) is 22.9. The quantitative estimate of drug-likeness (QED) is 0.164. The lowest BCUT2D eigenvalue weighted by atomic mass is 10.2. The number of hydrazone groups is 1. The number of nitro groups is 1. The molecule has 1 heterocycles. The van der Waals surface area contributed by atoms with Gasteiger partial charge >= 0.3 is 0 Å². The Morgan fingerprint density at radius 2 is 1.76 bits per heavy atom. The average molecular weight is 493 g/mol. The zero-order chi connectivity index (χ0) is 23.9. The monoisotopic (exact) mass is 492 g/mol. The van der Waals surface area contributed by atoms with Gasteiger partial charge in [-0.2, -0.15) is 5.10 Å². The molecule has 170 valence electrons. The van der Waals surface area contributed by atoms with E-state index < -0.39 is 10.8 Å². The van der Waals surface area contributed by atoms with Crippen LogP contribution in [0, 0.1) is 10.1 Å². The van der Waals surface area contributed by atoms with Crippen LogP contribution in [0.5, 0.6) is 0 Å². The van der Waals surface area contributed by atoms with E-state index in [0.29, 0.717) is 16.0 Å². The highest BCUT2D eigenvalue weighted by atomic mass is 35.5. The minimum absolute atomic E-state index is 0.0137. The standard InChI is InChI=1S/C23H17ClN6O3S/c24-18-12-10-16(11-13-18)22-27-28-23(29(22)19-7-2-1-3-8-19)34-15-21(31)26-25-14-17-6-4-5-9-20(17)30(32)33/h1-14H,15H2,(H,26,31)/b25-14-. The number of carbonyl (C=O) groups is 1. The Kier molecular flexibility index (Phi) is 7.31. The molecule has 0 radical (unpaired) electrons. The van der Waals surface area contributed by atoms with E-state index in [1.54, 1.807) is 30.3 Å². The number of nitro benzene ring substituents is 1. The SMILES string of the molecule is O=C(CSc1nnc(-c2ccc(Cl)cc2)n1-c1ccccc1)N/N=C\c1ccccc1[N+](=O)[O-]. The second-order valence-electron chi connectivity index (χ2n) is 6.88. The molecule has 9 nitrogen and oxygen atoms in total. The fourth-order valence-electron chi connectivity index (χ4n) is 3.06. The smallest absolute Gasteiger partial charge is 0.272 e. The molecule has 0 fully saturated rings. The van der Waals surface area contributed by atoms with Crippen molar-refractivity contribution in [2.24, 2.45) is 5.10 Å². The molecule has 4 rings (SSSR count). The van der Waals surface area contributed by atoms with Crippen molar-refractivity contribution in [2.45, 2.75) is 5.16 Å². The molecule has 0 atom stereocenters. The van der Waals surface area contributed by atoms with E-state index in [-0.39, 0.29) is 17.0 Å². The Labute approximate surface area is 203 Å². The number of carbonyl (C=O) groups excluding carboxylic acids is 1. The van der Waals surface area contributed by atoms with Gasteiger partial charge in [0, 0.05) is 22.3 Å². The van der Waals surface area contributed by atoms with Crippen LogP contribution in [0.3, 0.4) is 0 Å². The van der Waals surface area contributed by atoms with E-state index in [4.69, 9.17) is 11.6 Å². The number of benzene rings is 3. The summed E-state index contributed by atoms with van der Waals surface area (Å²) in [6.07, 6.45) is 1.24. The van der Waals surface area contributed by atoms with Gasteiger partial charge in [0.25, 0.3) is 11.6 Å². The van der Waals surface area contributed by atoms with E-state index in [9.17, 15) is 14.9 Å². The maximum Gasteiger partial charge on any atom is 0.278 e. The van der Waals surface area contributed by atoms with Crippen LogP contribution in [0.4, 0.5) is 5.69 Å². The molecule has 34 heavy (non-hydrogen) atoms. The average Bonchev–Trinajstić information content (AvgIpc) is 3.28. The first-order chi connectivity index (χ1) is 16.5. The summed E-state index contributed by atoms with van der Waals surface area (Å²) in [4.78, 5) is 22.9. The van der Waals surface area contributed by atoms with Gasteiger partial charge in [0.1, 0.15) is 0 Å². The largest absolute Gasteiger partial charge is 0.278 e. The number of aromatic nitrogens is 3.